The number of ether oxygens (including phenoxy) is 2. The van der Waals surface area contributed by atoms with Crippen molar-refractivity contribution in [3.8, 4) is 5.75 Å². The van der Waals surface area contributed by atoms with Crippen LogP contribution in [-0.4, -0.2) is 32.2 Å². The summed E-state index contributed by atoms with van der Waals surface area (Å²) < 4.78 is 10.8. The monoisotopic (exact) mass is 368 g/mol. The normalized spacial score (nSPS) is 15.2. The third-order valence-electron chi connectivity index (χ3n) is 4.66. The maximum absolute atomic E-state index is 12.7. The molecule has 6 nitrogen and oxygen atoms in total. The molecule has 1 heterocycles. The van der Waals surface area contributed by atoms with Gasteiger partial charge < -0.3 is 14.8 Å². The topological polar surface area (TPSA) is 67.9 Å². The minimum absolute atomic E-state index is 0.0574. The van der Waals surface area contributed by atoms with E-state index in [-0.39, 0.29) is 24.5 Å². The molecule has 0 saturated heterocycles. The van der Waals surface area contributed by atoms with E-state index in [9.17, 15) is 9.59 Å². The summed E-state index contributed by atoms with van der Waals surface area (Å²) in [5.74, 6) is 0.807. The summed E-state index contributed by atoms with van der Waals surface area (Å²) in [6.45, 7) is 2.82. The number of benzene rings is 2. The number of hydrogen-bond acceptors (Lipinski definition) is 4. The van der Waals surface area contributed by atoms with Crippen LogP contribution in [0.5, 0.6) is 5.75 Å². The van der Waals surface area contributed by atoms with Gasteiger partial charge in [-0.3, -0.25) is 9.69 Å². The lowest BCUT2D eigenvalue weighted by atomic mass is 9.97. The van der Waals surface area contributed by atoms with Crippen molar-refractivity contribution in [3.63, 3.8) is 0 Å². The molecule has 27 heavy (non-hydrogen) atoms. The van der Waals surface area contributed by atoms with Crippen LogP contribution in [0.4, 0.5) is 10.5 Å². The number of nitrogens with one attached hydrogen (secondary N) is 1. The Morgan fingerprint density at radius 2 is 1.96 bits per heavy atom. The summed E-state index contributed by atoms with van der Waals surface area (Å²) in [7, 11) is 1.62. The highest BCUT2D eigenvalue weighted by Crippen LogP contribution is 2.40. The predicted octanol–water partition coefficient (Wildman–Crippen LogP) is 3.46. The van der Waals surface area contributed by atoms with E-state index >= 15 is 0 Å². The zero-order chi connectivity index (χ0) is 19.2. The number of nitrogens with zero attached hydrogens (tertiary/aromatic N) is 1. The van der Waals surface area contributed by atoms with Crippen molar-refractivity contribution >= 4 is 17.7 Å². The molecule has 0 saturated carbocycles. The summed E-state index contributed by atoms with van der Waals surface area (Å²) in [6.07, 6.45) is 0.370. The van der Waals surface area contributed by atoms with Gasteiger partial charge in [0.25, 0.3) is 0 Å². The molecule has 1 N–H and O–H groups in total. The Kier molecular flexibility index (Phi) is 5.96. The zero-order valence-electron chi connectivity index (χ0n) is 15.6. The molecule has 142 valence electrons. The summed E-state index contributed by atoms with van der Waals surface area (Å²) in [5.41, 5.74) is 2.82. The van der Waals surface area contributed by atoms with E-state index in [0.29, 0.717) is 13.1 Å². The van der Waals surface area contributed by atoms with Gasteiger partial charge in [0.1, 0.15) is 12.4 Å². The molecule has 6 heteroatoms. The second kappa shape index (κ2) is 8.58. The summed E-state index contributed by atoms with van der Waals surface area (Å²) in [5, 5.41) is 2.82. The van der Waals surface area contributed by atoms with E-state index in [0.717, 1.165) is 29.0 Å². The average Bonchev–Trinajstić information content (AvgIpc) is 3.04. The second-order valence-electron chi connectivity index (χ2n) is 6.54. The summed E-state index contributed by atoms with van der Waals surface area (Å²) in [6, 6.07) is 15.3. The van der Waals surface area contributed by atoms with Gasteiger partial charge in [0.15, 0.2) is 0 Å². The lowest BCUT2D eigenvalue weighted by Gasteiger charge is -2.18. The lowest BCUT2D eigenvalue weighted by Crippen LogP contribution is -2.31. The highest BCUT2D eigenvalue weighted by Gasteiger charge is 2.33. The lowest BCUT2D eigenvalue weighted by molar-refractivity contribution is -0.118. The minimum Gasteiger partial charge on any atom is -0.497 e. The van der Waals surface area contributed by atoms with Crippen molar-refractivity contribution in [2.75, 3.05) is 25.1 Å². The molecule has 0 bridgehead atoms. The van der Waals surface area contributed by atoms with Crippen LogP contribution in [0.1, 0.15) is 30.4 Å². The van der Waals surface area contributed by atoms with Crippen LogP contribution in [0.3, 0.4) is 0 Å². The number of fused-ring (bicyclic) bond motifs is 1. The largest absolute Gasteiger partial charge is 0.497 e. The van der Waals surface area contributed by atoms with Gasteiger partial charge >= 0.3 is 6.09 Å². The molecule has 1 aliphatic rings. The Morgan fingerprint density at radius 3 is 2.67 bits per heavy atom. The summed E-state index contributed by atoms with van der Waals surface area (Å²) >= 11 is 0. The second-order valence-corrected chi connectivity index (χ2v) is 6.54. The highest BCUT2D eigenvalue weighted by molar-refractivity contribution is 5.91. The van der Waals surface area contributed by atoms with E-state index in [1.165, 1.54) is 6.92 Å². The zero-order valence-corrected chi connectivity index (χ0v) is 15.6. The molecule has 1 atom stereocenters. The fourth-order valence-electron chi connectivity index (χ4n) is 3.29. The van der Waals surface area contributed by atoms with E-state index in [2.05, 4.69) is 5.32 Å². The molecule has 2 aromatic rings. The predicted molar refractivity (Wildman–Crippen MR) is 103 cm³/mol. The number of anilines is 1. The van der Waals surface area contributed by atoms with Gasteiger partial charge in [0, 0.05) is 25.9 Å². The van der Waals surface area contributed by atoms with E-state index in [1.54, 1.807) is 12.0 Å². The third-order valence-corrected chi connectivity index (χ3v) is 4.66. The first-order chi connectivity index (χ1) is 13.1. The maximum Gasteiger partial charge on any atom is 0.414 e. The van der Waals surface area contributed by atoms with Crippen LogP contribution in [0, 0.1) is 0 Å². The first kappa shape index (κ1) is 18.8. The molecule has 1 aliphatic heterocycles. The number of methoxy groups -OCH3 is 1. The molecular weight excluding hydrogens is 344 g/mol. The van der Waals surface area contributed by atoms with Crippen LogP contribution >= 0.6 is 0 Å². The van der Waals surface area contributed by atoms with Gasteiger partial charge in [-0.15, -0.1) is 0 Å². The number of amides is 2. The molecule has 0 fully saturated rings. The molecule has 2 aromatic carbocycles. The van der Waals surface area contributed by atoms with Crippen LogP contribution < -0.4 is 15.0 Å². The van der Waals surface area contributed by atoms with Crippen LogP contribution in [0.2, 0.25) is 0 Å². The van der Waals surface area contributed by atoms with Crippen molar-refractivity contribution in [2.24, 2.45) is 0 Å². The Balaban J connectivity index is 1.72. The van der Waals surface area contributed by atoms with Gasteiger partial charge in [0.2, 0.25) is 5.91 Å². The third kappa shape index (κ3) is 4.58. The molecule has 0 spiro atoms. The van der Waals surface area contributed by atoms with Gasteiger partial charge in [0.05, 0.1) is 12.8 Å². The Morgan fingerprint density at radius 1 is 1.19 bits per heavy atom. The molecule has 2 amide bonds. The molecule has 1 unspecified atom stereocenters. The fraction of sp³-hybridized carbons (Fsp3) is 0.333. The van der Waals surface area contributed by atoms with Gasteiger partial charge in [-0.2, -0.15) is 0 Å². The number of rotatable bonds is 6. The Hall–Kier alpha value is -3.02. The highest BCUT2D eigenvalue weighted by atomic mass is 16.6. The molecule has 0 aromatic heterocycles. The van der Waals surface area contributed by atoms with Crippen LogP contribution in [0.25, 0.3) is 0 Å². The van der Waals surface area contributed by atoms with Crippen LogP contribution in [0.15, 0.2) is 48.5 Å². The Bertz CT molecular complexity index is 807. The maximum atomic E-state index is 12.7. The molecule has 3 rings (SSSR count). The van der Waals surface area contributed by atoms with E-state index < -0.39 is 0 Å². The van der Waals surface area contributed by atoms with E-state index in [1.807, 2.05) is 48.5 Å². The summed E-state index contributed by atoms with van der Waals surface area (Å²) in [4.78, 5) is 25.5. The first-order valence-electron chi connectivity index (χ1n) is 8.99. The van der Waals surface area contributed by atoms with Crippen molar-refractivity contribution in [1.29, 1.82) is 0 Å². The van der Waals surface area contributed by atoms with Crippen molar-refractivity contribution in [1.82, 2.24) is 5.32 Å². The smallest absolute Gasteiger partial charge is 0.414 e. The number of carbonyl (C=O) groups excluding carboxylic acids is 2. The van der Waals surface area contributed by atoms with E-state index in [4.69, 9.17) is 9.47 Å². The fourth-order valence-corrected chi connectivity index (χ4v) is 3.29. The van der Waals surface area contributed by atoms with Gasteiger partial charge in [-0.05, 0) is 35.7 Å². The molecule has 0 radical (unpaired) electrons. The molecule has 0 aliphatic carbocycles. The Labute approximate surface area is 159 Å². The average molecular weight is 368 g/mol. The van der Waals surface area contributed by atoms with Gasteiger partial charge in [-0.1, -0.05) is 30.3 Å². The van der Waals surface area contributed by atoms with Crippen molar-refractivity contribution in [2.45, 2.75) is 25.9 Å². The number of hydrogen-bond donors (Lipinski definition) is 1. The quantitative estimate of drug-likeness (QED) is 0.848. The number of carbonyl (C=O) groups is 2. The first-order valence-corrected chi connectivity index (χ1v) is 8.99. The minimum atomic E-state index is -0.368. The van der Waals surface area contributed by atoms with Crippen molar-refractivity contribution < 1.29 is 19.1 Å². The standard InChI is InChI=1S/C21H24N2O4/c1-15(24)22-11-10-17-13-23(20-9-8-18(26-2)12-19(17)20)21(25)27-14-16-6-4-3-5-7-16/h3-9,12,17H,10-11,13-14H2,1-2H3,(H,22,24). The van der Waals surface area contributed by atoms with Crippen LogP contribution in [-0.2, 0) is 16.1 Å². The molecular formula is C21H24N2O4. The SMILES string of the molecule is COc1ccc2c(c1)C(CCNC(C)=O)CN2C(=O)OCc1ccccc1. The van der Waals surface area contributed by atoms with Gasteiger partial charge in [-0.25, -0.2) is 4.79 Å². The van der Waals surface area contributed by atoms with Crippen molar-refractivity contribution in [3.05, 3.63) is 59.7 Å².